The van der Waals surface area contributed by atoms with Crippen LogP contribution in [-0.2, 0) is 0 Å². The normalized spacial score (nSPS) is 22.2. The molecule has 0 saturated heterocycles. The highest BCUT2D eigenvalue weighted by Crippen LogP contribution is 2.26. The van der Waals surface area contributed by atoms with E-state index in [1.807, 2.05) is 48.6 Å². The third-order valence-corrected chi connectivity index (χ3v) is 3.19. The lowest BCUT2D eigenvalue weighted by molar-refractivity contribution is -0.539. The maximum atomic E-state index is 11.0. The first-order valence-corrected chi connectivity index (χ1v) is 6.07. The van der Waals surface area contributed by atoms with Crippen molar-refractivity contribution in [1.82, 2.24) is 0 Å². The summed E-state index contributed by atoms with van der Waals surface area (Å²) >= 11 is 0. The molecule has 0 aliphatic heterocycles. The third-order valence-electron chi connectivity index (χ3n) is 3.19. The minimum absolute atomic E-state index is 0.301. The van der Waals surface area contributed by atoms with Gasteiger partial charge in [-0.3, -0.25) is 10.1 Å². The second-order valence-electron chi connectivity index (χ2n) is 4.44. The van der Waals surface area contributed by atoms with E-state index < -0.39 is 5.54 Å². The molecule has 1 aromatic carbocycles. The predicted octanol–water partition coefficient (Wildman–Crippen LogP) is 3.79. The molecule has 1 aliphatic carbocycles. The van der Waals surface area contributed by atoms with Gasteiger partial charge in [0.15, 0.2) is 0 Å². The molecule has 1 aliphatic rings. The Labute approximate surface area is 112 Å². The van der Waals surface area contributed by atoms with Gasteiger partial charge in [0.05, 0.1) is 0 Å². The number of rotatable bonds is 4. The molecule has 0 heterocycles. The molecular weight excluding hydrogens is 238 g/mol. The summed E-state index contributed by atoms with van der Waals surface area (Å²) in [6.07, 6.45) is 10.9. The summed E-state index contributed by atoms with van der Waals surface area (Å²) in [5.41, 5.74) is 0.930. The van der Waals surface area contributed by atoms with Gasteiger partial charge in [0.25, 0.3) is 5.54 Å². The molecule has 1 atom stereocenters. The lowest BCUT2D eigenvalue weighted by Crippen LogP contribution is -2.34. The number of nitro groups is 1. The van der Waals surface area contributed by atoms with Crippen molar-refractivity contribution in [3.63, 3.8) is 0 Å². The Balaban J connectivity index is 2.11. The van der Waals surface area contributed by atoms with Crippen LogP contribution in [-0.4, -0.2) is 10.5 Å². The molecule has 2 rings (SSSR count). The highest BCUT2D eigenvalue weighted by molar-refractivity contribution is 5.55. The second-order valence-corrected chi connectivity index (χ2v) is 4.44. The quantitative estimate of drug-likeness (QED) is 0.465. The molecule has 96 valence electrons. The van der Waals surface area contributed by atoms with Gasteiger partial charge in [-0.05, 0) is 23.3 Å². The van der Waals surface area contributed by atoms with E-state index in [0.717, 1.165) is 11.1 Å². The zero-order valence-electron chi connectivity index (χ0n) is 10.5. The van der Waals surface area contributed by atoms with Crippen molar-refractivity contribution in [3.8, 4) is 0 Å². The molecule has 0 radical (unpaired) electrons. The van der Waals surface area contributed by atoms with Crippen molar-refractivity contribution in [2.24, 2.45) is 0 Å². The lowest BCUT2D eigenvalue weighted by atomic mass is 9.89. The first-order valence-electron chi connectivity index (χ1n) is 6.07. The van der Waals surface area contributed by atoms with Gasteiger partial charge in [-0.25, -0.2) is 0 Å². The average molecular weight is 253 g/mol. The molecule has 1 unspecified atom stereocenters. The van der Waals surface area contributed by atoms with Gasteiger partial charge >= 0.3 is 0 Å². The van der Waals surface area contributed by atoms with Gasteiger partial charge in [-0.2, -0.15) is 0 Å². The standard InChI is InChI=1S/C16H15NO2/c1-2-16(17(18)19)12-10-15(11-13-16)9-8-14-6-4-3-5-7-14/h2-12H,1,13H2. The predicted molar refractivity (Wildman–Crippen MR) is 77.2 cm³/mol. The van der Waals surface area contributed by atoms with Crippen LogP contribution in [0.15, 0.2) is 72.9 Å². The van der Waals surface area contributed by atoms with Crippen LogP contribution < -0.4 is 0 Å². The monoisotopic (exact) mass is 253 g/mol. The van der Waals surface area contributed by atoms with Crippen LogP contribution >= 0.6 is 0 Å². The second kappa shape index (κ2) is 5.48. The fraction of sp³-hybridized carbons (Fsp3) is 0.125. The Kier molecular flexibility index (Phi) is 3.76. The van der Waals surface area contributed by atoms with Crippen molar-refractivity contribution >= 4 is 6.08 Å². The van der Waals surface area contributed by atoms with E-state index in [4.69, 9.17) is 0 Å². The minimum atomic E-state index is -1.15. The van der Waals surface area contributed by atoms with Gasteiger partial charge in [0.2, 0.25) is 0 Å². The Morgan fingerprint density at radius 2 is 2.00 bits per heavy atom. The summed E-state index contributed by atoms with van der Waals surface area (Å²) in [6, 6.07) is 9.93. The number of hydrogen-bond donors (Lipinski definition) is 0. The van der Waals surface area contributed by atoms with Gasteiger partial charge < -0.3 is 0 Å². The van der Waals surface area contributed by atoms with E-state index in [1.165, 1.54) is 6.08 Å². The van der Waals surface area contributed by atoms with Gasteiger partial charge in [-0.1, -0.05) is 61.2 Å². The lowest BCUT2D eigenvalue weighted by Gasteiger charge is -2.19. The van der Waals surface area contributed by atoms with Crippen molar-refractivity contribution in [2.75, 3.05) is 0 Å². The van der Waals surface area contributed by atoms with Crippen LogP contribution in [0.1, 0.15) is 12.0 Å². The molecular formula is C16H15NO2. The molecule has 0 fully saturated rings. The SMILES string of the molecule is C=CC1([N+](=O)[O-])C=CC(C=Cc2ccccc2)=CC1. The molecule has 0 aromatic heterocycles. The Hall–Kier alpha value is -2.42. The van der Waals surface area contributed by atoms with Crippen LogP contribution in [0, 0.1) is 10.1 Å². The smallest absolute Gasteiger partial charge is 0.261 e. The third kappa shape index (κ3) is 2.88. The first-order chi connectivity index (χ1) is 9.16. The fourth-order valence-electron chi connectivity index (χ4n) is 1.90. The number of benzene rings is 1. The molecule has 0 spiro atoms. The largest absolute Gasteiger partial charge is 0.263 e. The molecule has 0 bridgehead atoms. The zero-order chi connectivity index (χ0) is 13.7. The number of allylic oxidation sites excluding steroid dienone is 3. The summed E-state index contributed by atoms with van der Waals surface area (Å²) in [4.78, 5) is 10.7. The van der Waals surface area contributed by atoms with Crippen LogP contribution in [0.3, 0.4) is 0 Å². The summed E-state index contributed by atoms with van der Waals surface area (Å²) in [6.45, 7) is 3.56. The average Bonchev–Trinajstić information content (AvgIpc) is 2.46. The maximum absolute atomic E-state index is 11.0. The van der Waals surface area contributed by atoms with Gasteiger partial charge in [0.1, 0.15) is 0 Å². The van der Waals surface area contributed by atoms with Crippen LogP contribution in [0.2, 0.25) is 0 Å². The molecule has 0 amide bonds. The van der Waals surface area contributed by atoms with E-state index in [9.17, 15) is 10.1 Å². The van der Waals surface area contributed by atoms with Crippen molar-refractivity contribution in [1.29, 1.82) is 0 Å². The molecule has 0 N–H and O–H groups in total. The molecule has 1 aromatic rings. The summed E-state index contributed by atoms with van der Waals surface area (Å²) in [5, 5.41) is 11.0. The van der Waals surface area contributed by atoms with E-state index in [2.05, 4.69) is 6.58 Å². The Morgan fingerprint density at radius 1 is 1.26 bits per heavy atom. The van der Waals surface area contributed by atoms with Gasteiger partial charge in [0, 0.05) is 11.3 Å². The van der Waals surface area contributed by atoms with Crippen LogP contribution in [0.5, 0.6) is 0 Å². The highest BCUT2D eigenvalue weighted by atomic mass is 16.6. The Morgan fingerprint density at radius 3 is 2.53 bits per heavy atom. The van der Waals surface area contributed by atoms with Crippen LogP contribution in [0.4, 0.5) is 0 Å². The first kappa shape index (κ1) is 13.0. The molecule has 19 heavy (non-hydrogen) atoms. The van der Waals surface area contributed by atoms with Crippen molar-refractivity contribution in [2.45, 2.75) is 12.0 Å². The van der Waals surface area contributed by atoms with Crippen LogP contribution in [0.25, 0.3) is 6.08 Å². The molecule has 3 heteroatoms. The summed E-state index contributed by atoms with van der Waals surface area (Å²) in [5.74, 6) is 0. The fourth-order valence-corrected chi connectivity index (χ4v) is 1.90. The van der Waals surface area contributed by atoms with E-state index in [-0.39, 0.29) is 4.92 Å². The Bertz CT molecular complexity index is 570. The summed E-state index contributed by atoms with van der Waals surface area (Å²) in [7, 11) is 0. The van der Waals surface area contributed by atoms with Crippen molar-refractivity contribution in [3.05, 3.63) is 88.5 Å². The number of hydrogen-bond acceptors (Lipinski definition) is 2. The van der Waals surface area contributed by atoms with Gasteiger partial charge in [-0.15, -0.1) is 0 Å². The highest BCUT2D eigenvalue weighted by Gasteiger charge is 2.36. The number of nitrogens with zero attached hydrogens (tertiary/aromatic N) is 1. The minimum Gasteiger partial charge on any atom is -0.263 e. The van der Waals surface area contributed by atoms with Crippen molar-refractivity contribution < 1.29 is 4.92 Å². The van der Waals surface area contributed by atoms with E-state index in [1.54, 1.807) is 12.2 Å². The van der Waals surface area contributed by atoms with E-state index in [0.29, 0.717) is 6.42 Å². The molecule has 3 nitrogen and oxygen atoms in total. The summed E-state index contributed by atoms with van der Waals surface area (Å²) < 4.78 is 0. The topological polar surface area (TPSA) is 43.1 Å². The molecule has 0 saturated carbocycles. The zero-order valence-corrected chi connectivity index (χ0v) is 10.5. The van der Waals surface area contributed by atoms with E-state index >= 15 is 0 Å². The maximum Gasteiger partial charge on any atom is 0.261 e.